The summed E-state index contributed by atoms with van der Waals surface area (Å²) >= 11 is 0. The van der Waals surface area contributed by atoms with Crippen LogP contribution in [0, 0.1) is 0 Å². The maximum absolute atomic E-state index is 13.9. The van der Waals surface area contributed by atoms with Crippen molar-refractivity contribution in [1.82, 2.24) is 0 Å². The van der Waals surface area contributed by atoms with Crippen LogP contribution in [0.2, 0.25) is 0 Å². The van der Waals surface area contributed by atoms with Gasteiger partial charge in [-0.3, -0.25) is 0 Å². The van der Waals surface area contributed by atoms with E-state index in [0.717, 1.165) is 16.7 Å². The summed E-state index contributed by atoms with van der Waals surface area (Å²) in [4.78, 5) is 27.5. The Balaban J connectivity index is 1.37. The molecule has 250 valence electrons. The first kappa shape index (κ1) is 33.4. The molecular weight excluding hydrogens is 624 g/mol. The molecule has 6 rings (SSSR count). The monoisotopic (exact) mass is 660 g/mol. The van der Waals surface area contributed by atoms with Crippen LogP contribution in [0.15, 0.2) is 146 Å². The van der Waals surface area contributed by atoms with E-state index in [1.54, 1.807) is 30.3 Å². The zero-order valence-electron chi connectivity index (χ0n) is 26.6. The lowest BCUT2D eigenvalue weighted by Crippen LogP contribution is -2.64. The normalized spacial score (nSPS) is 20.2. The first-order valence-electron chi connectivity index (χ1n) is 15.9. The number of phenols is 1. The third kappa shape index (κ3) is 9.11. The van der Waals surface area contributed by atoms with Gasteiger partial charge in [0.15, 0.2) is 12.2 Å². The summed E-state index contributed by atoms with van der Waals surface area (Å²) in [5.74, 6) is -1.02. The highest BCUT2D eigenvalue weighted by molar-refractivity contribution is 5.89. The Bertz CT molecular complexity index is 1750. The van der Waals surface area contributed by atoms with Gasteiger partial charge in [0, 0.05) is 0 Å². The van der Waals surface area contributed by atoms with Crippen LogP contribution in [0.3, 0.4) is 0 Å². The van der Waals surface area contributed by atoms with Crippen LogP contribution < -0.4 is 4.74 Å². The highest BCUT2D eigenvalue weighted by Gasteiger charge is 2.54. The number of hydrogen-bond donors (Lipinski definition) is 1. The molecule has 1 fully saturated rings. The molecule has 0 aliphatic carbocycles. The van der Waals surface area contributed by atoms with E-state index in [9.17, 15) is 14.7 Å². The first-order valence-corrected chi connectivity index (χ1v) is 15.9. The molecule has 0 radical (unpaired) electrons. The maximum atomic E-state index is 13.9. The van der Waals surface area contributed by atoms with Gasteiger partial charge in [0.25, 0.3) is 0 Å². The smallest absolute Gasteiger partial charge is 0.338 e. The lowest BCUT2D eigenvalue weighted by molar-refractivity contribution is -0.290. The Kier molecular flexibility index (Phi) is 11.3. The van der Waals surface area contributed by atoms with Crippen LogP contribution in [-0.4, -0.2) is 47.8 Å². The van der Waals surface area contributed by atoms with E-state index >= 15 is 0 Å². The third-order valence-corrected chi connectivity index (χ3v) is 7.86. The van der Waals surface area contributed by atoms with Gasteiger partial charge in [0.2, 0.25) is 6.29 Å². The number of rotatable bonds is 13. The van der Waals surface area contributed by atoms with Gasteiger partial charge in [-0.05, 0) is 53.1 Å². The number of ether oxygens (including phenoxy) is 6. The second-order valence-corrected chi connectivity index (χ2v) is 11.4. The summed E-state index contributed by atoms with van der Waals surface area (Å²) in [6.07, 6.45) is -6.07. The molecule has 1 unspecified atom stereocenters. The van der Waals surface area contributed by atoms with Gasteiger partial charge in [-0.25, -0.2) is 9.59 Å². The van der Waals surface area contributed by atoms with Crippen molar-refractivity contribution in [2.45, 2.75) is 50.5 Å². The lowest BCUT2D eigenvalue weighted by atomic mass is 9.97. The van der Waals surface area contributed by atoms with Gasteiger partial charge >= 0.3 is 11.9 Å². The Morgan fingerprint density at radius 1 is 0.571 bits per heavy atom. The fourth-order valence-corrected chi connectivity index (χ4v) is 5.36. The summed E-state index contributed by atoms with van der Waals surface area (Å²) in [5, 5.41) is 9.88. The Labute approximate surface area is 284 Å². The average Bonchev–Trinajstić information content (AvgIpc) is 3.15. The van der Waals surface area contributed by atoms with Gasteiger partial charge in [-0.15, -0.1) is 0 Å². The molecule has 0 spiro atoms. The number of carbonyl (C=O) groups excluding carboxylic acids is 2. The van der Waals surface area contributed by atoms with Crippen LogP contribution in [-0.2, 0) is 48.3 Å². The summed E-state index contributed by atoms with van der Waals surface area (Å²) in [5.41, 5.74) is 2.79. The standard InChI is InChI=1S/C40H36O9/c41-32-21-23-33(24-22-32)47-40-37(48-38(42)31-19-11-4-12-20-31)35(45-26-29-15-7-2-8-16-29)34(44-25-28-13-5-1-6-14-28)36(49-40)39(43)46-27-30-17-9-3-10-18-30/h1-24,34-37,40-41H,25-27H2/t34-,35-,36-,37+,40?/m0/s1. The van der Waals surface area contributed by atoms with Gasteiger partial charge in [0.1, 0.15) is 30.3 Å². The molecule has 1 saturated heterocycles. The average molecular weight is 661 g/mol. The number of carbonyl (C=O) groups is 2. The molecule has 1 N–H and O–H groups in total. The summed E-state index contributed by atoms with van der Waals surface area (Å²) in [6, 6.07) is 42.7. The molecule has 0 bridgehead atoms. The molecule has 5 aromatic rings. The Hall–Kier alpha value is -5.48. The van der Waals surface area contributed by atoms with Crippen molar-refractivity contribution in [2.24, 2.45) is 0 Å². The topological polar surface area (TPSA) is 110 Å². The molecule has 0 saturated carbocycles. The molecule has 1 heterocycles. The van der Waals surface area contributed by atoms with Crippen molar-refractivity contribution in [1.29, 1.82) is 0 Å². The predicted molar refractivity (Wildman–Crippen MR) is 179 cm³/mol. The quantitative estimate of drug-likeness (QED) is 0.139. The van der Waals surface area contributed by atoms with Crippen molar-refractivity contribution in [2.75, 3.05) is 0 Å². The van der Waals surface area contributed by atoms with Crippen LogP contribution >= 0.6 is 0 Å². The minimum absolute atomic E-state index is 0.00359. The fourth-order valence-electron chi connectivity index (χ4n) is 5.36. The summed E-state index contributed by atoms with van der Waals surface area (Å²) in [6.45, 7) is 0.204. The van der Waals surface area contributed by atoms with Crippen LogP contribution in [0.1, 0.15) is 27.0 Å². The van der Waals surface area contributed by atoms with Crippen LogP contribution in [0.4, 0.5) is 0 Å². The Morgan fingerprint density at radius 2 is 1.06 bits per heavy atom. The second kappa shape index (κ2) is 16.6. The molecule has 9 nitrogen and oxygen atoms in total. The van der Waals surface area contributed by atoms with E-state index in [2.05, 4.69) is 0 Å². The Morgan fingerprint density at radius 3 is 1.61 bits per heavy atom. The van der Waals surface area contributed by atoms with Crippen molar-refractivity contribution in [3.05, 3.63) is 168 Å². The van der Waals surface area contributed by atoms with Crippen molar-refractivity contribution < 1.29 is 43.1 Å². The SMILES string of the molecule is O=C(O[C@H]1C(Oc2ccc(O)cc2)O[C@H](C(=O)OCc2ccccc2)[C@@H](OCc2ccccc2)[C@@H]1OCc1ccccc1)c1ccccc1. The molecular formula is C40H36O9. The zero-order valence-corrected chi connectivity index (χ0v) is 26.6. The fraction of sp³-hybridized carbons (Fsp3) is 0.200. The largest absolute Gasteiger partial charge is 0.508 e. The van der Waals surface area contributed by atoms with Gasteiger partial charge in [0.05, 0.1) is 18.8 Å². The van der Waals surface area contributed by atoms with E-state index in [4.69, 9.17) is 28.4 Å². The zero-order chi connectivity index (χ0) is 33.8. The van der Waals surface area contributed by atoms with E-state index in [1.165, 1.54) is 24.3 Å². The van der Waals surface area contributed by atoms with Gasteiger partial charge < -0.3 is 33.5 Å². The van der Waals surface area contributed by atoms with E-state index in [0.29, 0.717) is 11.3 Å². The minimum Gasteiger partial charge on any atom is -0.508 e. The number of hydrogen-bond acceptors (Lipinski definition) is 9. The highest BCUT2D eigenvalue weighted by atomic mass is 16.7. The second-order valence-electron chi connectivity index (χ2n) is 11.4. The molecule has 0 aromatic heterocycles. The number of esters is 2. The van der Waals surface area contributed by atoms with Crippen LogP contribution in [0.5, 0.6) is 11.5 Å². The summed E-state index contributed by atoms with van der Waals surface area (Å²) < 4.78 is 37.5. The maximum Gasteiger partial charge on any atom is 0.338 e. The molecule has 1 aliphatic heterocycles. The van der Waals surface area contributed by atoms with E-state index in [1.807, 2.05) is 91.0 Å². The number of phenolic OH excluding ortho intramolecular Hbond substituents is 1. The molecule has 9 heteroatoms. The third-order valence-electron chi connectivity index (χ3n) is 7.86. The number of benzene rings is 5. The molecule has 1 aliphatic rings. The van der Waals surface area contributed by atoms with Crippen LogP contribution in [0.25, 0.3) is 0 Å². The predicted octanol–water partition coefficient (Wildman–Crippen LogP) is 6.64. The van der Waals surface area contributed by atoms with Crippen molar-refractivity contribution in [3.63, 3.8) is 0 Å². The van der Waals surface area contributed by atoms with Gasteiger partial charge in [-0.2, -0.15) is 0 Å². The van der Waals surface area contributed by atoms with E-state index < -0.39 is 42.6 Å². The van der Waals surface area contributed by atoms with Crippen molar-refractivity contribution >= 4 is 11.9 Å². The summed E-state index contributed by atoms with van der Waals surface area (Å²) in [7, 11) is 0. The van der Waals surface area contributed by atoms with Crippen molar-refractivity contribution in [3.8, 4) is 11.5 Å². The molecule has 49 heavy (non-hydrogen) atoms. The minimum atomic E-state index is -1.35. The lowest BCUT2D eigenvalue weighted by Gasteiger charge is -2.44. The molecule has 5 atom stereocenters. The van der Waals surface area contributed by atoms with Gasteiger partial charge in [-0.1, -0.05) is 109 Å². The number of aromatic hydroxyl groups is 1. The van der Waals surface area contributed by atoms with E-state index in [-0.39, 0.29) is 25.6 Å². The molecule has 0 amide bonds. The highest BCUT2D eigenvalue weighted by Crippen LogP contribution is 2.33. The first-order chi connectivity index (χ1) is 24.0. The molecule has 5 aromatic carbocycles.